The highest BCUT2D eigenvalue weighted by Gasteiger charge is 2.60. The molecule has 90 valence electrons. The van der Waals surface area contributed by atoms with Crippen LogP contribution in [0.3, 0.4) is 0 Å². The van der Waals surface area contributed by atoms with Crippen molar-refractivity contribution in [1.29, 1.82) is 0 Å². The number of rotatable bonds is 1. The van der Waals surface area contributed by atoms with Crippen molar-refractivity contribution in [3.63, 3.8) is 0 Å². The number of aromatic hydroxyl groups is 2. The van der Waals surface area contributed by atoms with Crippen LogP contribution < -0.4 is 5.73 Å². The van der Waals surface area contributed by atoms with E-state index >= 15 is 0 Å². The van der Waals surface area contributed by atoms with Crippen molar-refractivity contribution in [2.24, 2.45) is 0 Å². The van der Waals surface area contributed by atoms with Crippen molar-refractivity contribution >= 4 is 5.69 Å². The van der Waals surface area contributed by atoms with Gasteiger partial charge in [-0.25, -0.2) is 0 Å². The van der Waals surface area contributed by atoms with Gasteiger partial charge >= 0.3 is 12.1 Å². The first kappa shape index (κ1) is 12.3. The van der Waals surface area contributed by atoms with Crippen molar-refractivity contribution in [2.45, 2.75) is 12.1 Å². The topological polar surface area (TPSA) is 66.5 Å². The van der Waals surface area contributed by atoms with Gasteiger partial charge in [0.05, 0.1) is 11.3 Å². The fourth-order valence-electron chi connectivity index (χ4n) is 1.03. The molecule has 1 aromatic carbocycles. The number of benzene rings is 1. The second kappa shape index (κ2) is 3.39. The predicted molar refractivity (Wildman–Crippen MR) is 44.1 cm³/mol. The monoisotopic (exact) mass is 243 g/mol. The van der Waals surface area contributed by atoms with Crippen molar-refractivity contribution in [2.75, 3.05) is 5.73 Å². The van der Waals surface area contributed by atoms with Crippen LogP contribution in [0.5, 0.6) is 11.5 Å². The molecule has 8 heteroatoms. The van der Waals surface area contributed by atoms with Crippen LogP contribution in [0.15, 0.2) is 12.1 Å². The van der Waals surface area contributed by atoms with Crippen LogP contribution in [-0.4, -0.2) is 16.4 Å². The number of hydrogen-bond acceptors (Lipinski definition) is 3. The molecule has 1 aromatic rings. The fourth-order valence-corrected chi connectivity index (χ4v) is 1.03. The Morgan fingerprint density at radius 1 is 1.00 bits per heavy atom. The van der Waals surface area contributed by atoms with E-state index in [0.29, 0.717) is 6.07 Å². The Bertz CT molecular complexity index is 416. The van der Waals surface area contributed by atoms with Crippen molar-refractivity contribution in [3.8, 4) is 11.5 Å². The molecule has 0 saturated carbocycles. The third-order valence-corrected chi connectivity index (χ3v) is 1.82. The van der Waals surface area contributed by atoms with E-state index in [0.717, 1.165) is 0 Å². The lowest BCUT2D eigenvalue weighted by Crippen LogP contribution is -2.33. The van der Waals surface area contributed by atoms with Gasteiger partial charge in [0, 0.05) is 6.07 Å². The smallest absolute Gasteiger partial charge is 0.458 e. The van der Waals surface area contributed by atoms with Gasteiger partial charge in [0.1, 0.15) is 11.5 Å². The van der Waals surface area contributed by atoms with Gasteiger partial charge in [0.15, 0.2) is 0 Å². The Morgan fingerprint density at radius 3 is 1.94 bits per heavy atom. The van der Waals surface area contributed by atoms with Gasteiger partial charge in [-0.05, 0) is 6.07 Å². The predicted octanol–water partition coefficient (Wildman–Crippen LogP) is 2.33. The van der Waals surface area contributed by atoms with Crippen LogP contribution in [0, 0.1) is 0 Å². The van der Waals surface area contributed by atoms with Gasteiger partial charge in [0.25, 0.3) is 0 Å². The summed E-state index contributed by atoms with van der Waals surface area (Å²) in [4.78, 5) is 0. The highest BCUT2D eigenvalue weighted by molar-refractivity contribution is 5.60. The largest absolute Gasteiger partial charge is 0.508 e. The molecule has 0 unspecified atom stereocenters. The van der Waals surface area contributed by atoms with Gasteiger partial charge < -0.3 is 15.9 Å². The quantitative estimate of drug-likeness (QED) is 0.307. The summed E-state index contributed by atoms with van der Waals surface area (Å²) in [5.41, 5.74) is 2.41. The van der Waals surface area contributed by atoms with Gasteiger partial charge in [-0.1, -0.05) is 0 Å². The normalized spacial score (nSPS) is 12.8. The van der Waals surface area contributed by atoms with Gasteiger partial charge in [-0.15, -0.1) is 0 Å². The van der Waals surface area contributed by atoms with Crippen LogP contribution in [-0.2, 0) is 5.92 Å². The summed E-state index contributed by atoms with van der Waals surface area (Å²) >= 11 is 0. The molecule has 0 spiro atoms. The zero-order valence-corrected chi connectivity index (χ0v) is 7.52. The average Bonchev–Trinajstić information content (AvgIpc) is 2.09. The number of phenolic OH excluding ortho intramolecular Hbond substituents is 2. The second-order valence-electron chi connectivity index (χ2n) is 3.00. The Labute approximate surface area is 85.9 Å². The summed E-state index contributed by atoms with van der Waals surface area (Å²) < 4.78 is 61.6. The lowest BCUT2D eigenvalue weighted by Gasteiger charge is -2.21. The Morgan fingerprint density at radius 2 is 1.50 bits per heavy atom. The lowest BCUT2D eigenvalue weighted by molar-refractivity contribution is -0.289. The lowest BCUT2D eigenvalue weighted by atomic mass is 10.1. The Kier molecular flexibility index (Phi) is 2.62. The number of alkyl halides is 5. The van der Waals surface area contributed by atoms with Crippen LogP contribution in [0.1, 0.15) is 5.56 Å². The molecule has 0 fully saturated rings. The molecule has 0 atom stereocenters. The minimum Gasteiger partial charge on any atom is -0.508 e. The van der Waals surface area contributed by atoms with Crippen LogP contribution in [0.25, 0.3) is 0 Å². The molecule has 16 heavy (non-hydrogen) atoms. The number of anilines is 1. The highest BCUT2D eigenvalue weighted by atomic mass is 19.4. The molecular formula is C8H6F5NO2. The number of hydrogen-bond donors (Lipinski definition) is 3. The molecule has 0 aromatic heterocycles. The first-order valence-electron chi connectivity index (χ1n) is 3.84. The third-order valence-electron chi connectivity index (χ3n) is 1.82. The van der Waals surface area contributed by atoms with E-state index in [1.165, 1.54) is 0 Å². The van der Waals surface area contributed by atoms with Gasteiger partial charge in [0.2, 0.25) is 0 Å². The molecule has 0 radical (unpaired) electrons. The average molecular weight is 243 g/mol. The highest BCUT2D eigenvalue weighted by Crippen LogP contribution is 2.49. The van der Waals surface area contributed by atoms with E-state index in [2.05, 4.69) is 0 Å². The summed E-state index contributed by atoms with van der Waals surface area (Å²) in [7, 11) is 0. The maximum absolute atomic E-state index is 12.8. The van der Waals surface area contributed by atoms with Crippen molar-refractivity contribution in [3.05, 3.63) is 17.7 Å². The Balaban J connectivity index is 3.44. The molecule has 0 aliphatic heterocycles. The number of halogens is 5. The zero-order valence-electron chi connectivity index (χ0n) is 7.52. The molecule has 4 N–H and O–H groups in total. The van der Waals surface area contributed by atoms with E-state index in [-0.39, 0.29) is 6.07 Å². The molecule has 0 saturated heterocycles. The summed E-state index contributed by atoms with van der Waals surface area (Å²) in [5, 5.41) is 17.9. The van der Waals surface area contributed by atoms with Crippen LogP contribution >= 0.6 is 0 Å². The number of phenols is 2. The van der Waals surface area contributed by atoms with Crippen molar-refractivity contribution < 1.29 is 32.2 Å². The Hall–Kier alpha value is -1.73. The van der Waals surface area contributed by atoms with E-state index in [4.69, 9.17) is 15.9 Å². The molecule has 0 aliphatic rings. The number of nitrogen functional groups attached to an aromatic ring is 1. The van der Waals surface area contributed by atoms with Gasteiger partial charge in [-0.3, -0.25) is 0 Å². The maximum atomic E-state index is 12.8. The maximum Gasteiger partial charge on any atom is 0.458 e. The van der Waals surface area contributed by atoms with E-state index in [1.54, 1.807) is 0 Å². The van der Waals surface area contributed by atoms with E-state index in [1.807, 2.05) is 0 Å². The third kappa shape index (κ3) is 1.82. The molecule has 1 rings (SSSR count). The molecule has 0 amide bonds. The molecule has 3 nitrogen and oxygen atoms in total. The zero-order chi connectivity index (χ0) is 12.7. The summed E-state index contributed by atoms with van der Waals surface area (Å²) in [6, 6.07) is 0.768. The second-order valence-corrected chi connectivity index (χ2v) is 3.00. The first-order chi connectivity index (χ1) is 7.07. The van der Waals surface area contributed by atoms with Crippen LogP contribution in [0.4, 0.5) is 27.6 Å². The SMILES string of the molecule is Nc1cc(O)cc(C(F)(F)C(F)(F)F)c1O. The van der Waals surface area contributed by atoms with Gasteiger partial charge in [-0.2, -0.15) is 22.0 Å². The molecule has 0 bridgehead atoms. The van der Waals surface area contributed by atoms with Crippen LogP contribution in [0.2, 0.25) is 0 Å². The molecule has 0 aliphatic carbocycles. The minimum atomic E-state index is -5.88. The molecule has 0 heterocycles. The fraction of sp³-hybridized carbons (Fsp3) is 0.250. The first-order valence-corrected chi connectivity index (χ1v) is 3.84. The van der Waals surface area contributed by atoms with E-state index < -0.39 is 34.8 Å². The molecular weight excluding hydrogens is 237 g/mol. The number of nitrogens with two attached hydrogens (primary N) is 1. The summed E-state index contributed by atoms with van der Waals surface area (Å²) in [5.74, 6) is -7.58. The standard InChI is InChI=1S/C8H6F5NO2/c9-7(10,8(11,12)13)4-1-3(15)2-5(14)6(4)16/h1-2,15-16H,14H2. The minimum absolute atomic E-state index is 0.110. The summed E-state index contributed by atoms with van der Waals surface area (Å²) in [6.07, 6.45) is -5.88. The van der Waals surface area contributed by atoms with Crippen molar-refractivity contribution in [1.82, 2.24) is 0 Å². The summed E-state index contributed by atoms with van der Waals surface area (Å²) in [6.45, 7) is 0. The van der Waals surface area contributed by atoms with E-state index in [9.17, 15) is 22.0 Å².